The third-order valence-electron chi connectivity index (χ3n) is 3.18. The first-order valence-corrected chi connectivity index (χ1v) is 5.42. The van der Waals surface area contributed by atoms with Gasteiger partial charge in [-0.2, -0.15) is 0 Å². The third kappa shape index (κ3) is 2.30. The quantitative estimate of drug-likeness (QED) is 0.746. The number of carbonyl (C=O) groups excluding carboxylic acids is 2. The molecule has 4 heteroatoms. The molecule has 0 aliphatic carbocycles. The number of hydrogen-bond acceptors (Lipinski definition) is 2. The normalized spacial score (nSPS) is 10.2. The molecule has 1 aromatic carbocycles. The molecule has 92 valence electrons. The Morgan fingerprint density at radius 2 is 1.47 bits per heavy atom. The monoisotopic (exact) mass is 234 g/mol. The molecular weight excluding hydrogens is 216 g/mol. The molecule has 0 saturated carbocycles. The minimum atomic E-state index is -0.939. The number of benzene rings is 1. The molecule has 2 N–H and O–H groups in total. The molecule has 0 spiro atoms. The van der Waals surface area contributed by atoms with Crippen LogP contribution in [-0.4, -0.2) is 18.9 Å². The molecule has 0 unspecified atom stereocenters. The van der Waals surface area contributed by atoms with Crippen molar-refractivity contribution in [1.82, 2.24) is 0 Å². The number of nitrogens with two attached hydrogens (primary N) is 1. The summed E-state index contributed by atoms with van der Waals surface area (Å²) in [6.07, 6.45) is 0. The van der Waals surface area contributed by atoms with E-state index < -0.39 is 11.8 Å². The number of amides is 2. The molecule has 1 aromatic rings. The highest BCUT2D eigenvalue weighted by Crippen LogP contribution is 2.29. The molecule has 0 bridgehead atoms. The van der Waals surface area contributed by atoms with Crippen LogP contribution < -0.4 is 10.6 Å². The minimum absolute atomic E-state index is 0.693. The number of carbonyl (C=O) groups is 2. The fraction of sp³-hybridized carbons (Fsp3) is 0.385. The minimum Gasteiger partial charge on any atom is -0.361 e. The first kappa shape index (κ1) is 13.2. The van der Waals surface area contributed by atoms with Gasteiger partial charge < -0.3 is 10.6 Å². The smallest absolute Gasteiger partial charge is 0.315 e. The lowest BCUT2D eigenvalue weighted by atomic mass is 9.98. The highest BCUT2D eigenvalue weighted by molar-refractivity contribution is 6.39. The molecule has 0 aliphatic heterocycles. The Morgan fingerprint density at radius 3 is 1.82 bits per heavy atom. The molecule has 0 saturated heterocycles. The number of rotatable bonds is 1. The van der Waals surface area contributed by atoms with Gasteiger partial charge in [0.05, 0.1) is 5.69 Å². The highest BCUT2D eigenvalue weighted by Gasteiger charge is 2.21. The lowest BCUT2D eigenvalue weighted by Gasteiger charge is -2.23. The number of nitrogens with zero attached hydrogens (tertiary/aromatic N) is 1. The van der Waals surface area contributed by atoms with Crippen molar-refractivity contribution in [3.8, 4) is 0 Å². The van der Waals surface area contributed by atoms with Crippen LogP contribution in [0.2, 0.25) is 0 Å². The molecule has 0 heterocycles. The second-order valence-electron chi connectivity index (χ2n) is 4.34. The Bertz CT molecular complexity index is 466. The Balaban J connectivity index is 3.40. The van der Waals surface area contributed by atoms with E-state index in [1.54, 1.807) is 7.05 Å². The second-order valence-corrected chi connectivity index (χ2v) is 4.34. The first-order valence-electron chi connectivity index (χ1n) is 5.42. The van der Waals surface area contributed by atoms with E-state index in [2.05, 4.69) is 6.07 Å². The van der Waals surface area contributed by atoms with Gasteiger partial charge >= 0.3 is 11.8 Å². The van der Waals surface area contributed by atoms with Gasteiger partial charge in [-0.15, -0.1) is 0 Å². The standard InChI is InChI=1S/C13H18N2O2/c1-7-6-8(2)10(4)11(9(7)3)15(5)13(17)12(14)16/h6H,1-5H3,(H2,14,16). The van der Waals surface area contributed by atoms with Crippen molar-refractivity contribution in [2.45, 2.75) is 27.7 Å². The second kappa shape index (κ2) is 4.57. The van der Waals surface area contributed by atoms with Gasteiger partial charge in [0.1, 0.15) is 0 Å². The lowest BCUT2D eigenvalue weighted by Crippen LogP contribution is -2.38. The Kier molecular flexibility index (Phi) is 3.56. The molecule has 0 aliphatic rings. The molecular formula is C13H18N2O2. The van der Waals surface area contributed by atoms with Gasteiger partial charge in [0.15, 0.2) is 0 Å². The van der Waals surface area contributed by atoms with Crippen molar-refractivity contribution in [3.63, 3.8) is 0 Å². The maximum Gasteiger partial charge on any atom is 0.315 e. The number of aryl methyl sites for hydroxylation is 2. The van der Waals surface area contributed by atoms with E-state index in [4.69, 9.17) is 5.73 Å². The van der Waals surface area contributed by atoms with Crippen LogP contribution in [0.4, 0.5) is 5.69 Å². The molecule has 0 fully saturated rings. The first-order chi connectivity index (χ1) is 7.77. The maximum absolute atomic E-state index is 11.6. The van der Waals surface area contributed by atoms with Crippen LogP contribution in [-0.2, 0) is 9.59 Å². The predicted octanol–water partition coefficient (Wildman–Crippen LogP) is 1.37. The van der Waals surface area contributed by atoms with Crippen LogP contribution in [0.25, 0.3) is 0 Å². The summed E-state index contributed by atoms with van der Waals surface area (Å²) in [5, 5.41) is 0. The Labute approximate surface area is 101 Å². The van der Waals surface area contributed by atoms with Crippen molar-refractivity contribution in [2.75, 3.05) is 11.9 Å². The average molecular weight is 234 g/mol. The molecule has 2 amide bonds. The van der Waals surface area contributed by atoms with Gasteiger partial charge in [0.2, 0.25) is 0 Å². The summed E-state index contributed by atoms with van der Waals surface area (Å²) in [4.78, 5) is 23.9. The summed E-state index contributed by atoms with van der Waals surface area (Å²) in [5.74, 6) is -1.63. The largest absolute Gasteiger partial charge is 0.361 e. The fourth-order valence-corrected chi connectivity index (χ4v) is 1.97. The topological polar surface area (TPSA) is 63.4 Å². The van der Waals surface area contributed by atoms with E-state index in [9.17, 15) is 9.59 Å². The fourth-order valence-electron chi connectivity index (χ4n) is 1.97. The molecule has 1 rings (SSSR count). The number of primary amides is 1. The number of hydrogen-bond donors (Lipinski definition) is 1. The third-order valence-corrected chi connectivity index (χ3v) is 3.18. The molecule has 0 aromatic heterocycles. The summed E-state index contributed by atoms with van der Waals surface area (Å²) in [6.45, 7) is 7.82. The van der Waals surface area contributed by atoms with E-state index >= 15 is 0 Å². The van der Waals surface area contributed by atoms with Gasteiger partial charge in [-0.3, -0.25) is 9.59 Å². The van der Waals surface area contributed by atoms with Crippen LogP contribution in [0.1, 0.15) is 22.3 Å². The average Bonchev–Trinajstić information content (AvgIpc) is 2.25. The summed E-state index contributed by atoms with van der Waals surface area (Å²) in [6, 6.07) is 2.07. The van der Waals surface area contributed by atoms with E-state index in [1.807, 2.05) is 27.7 Å². The van der Waals surface area contributed by atoms with Crippen LogP contribution in [0.5, 0.6) is 0 Å². The van der Waals surface area contributed by atoms with Crippen molar-refractivity contribution in [1.29, 1.82) is 0 Å². The van der Waals surface area contributed by atoms with E-state index in [-0.39, 0.29) is 0 Å². The number of anilines is 1. The molecule has 4 nitrogen and oxygen atoms in total. The zero-order valence-electron chi connectivity index (χ0n) is 10.9. The highest BCUT2D eigenvalue weighted by atomic mass is 16.2. The molecule has 17 heavy (non-hydrogen) atoms. The zero-order chi connectivity index (χ0) is 13.3. The van der Waals surface area contributed by atoms with Crippen molar-refractivity contribution in [2.24, 2.45) is 5.73 Å². The van der Waals surface area contributed by atoms with Gasteiger partial charge in [-0.05, 0) is 49.9 Å². The maximum atomic E-state index is 11.6. The van der Waals surface area contributed by atoms with Crippen molar-refractivity contribution >= 4 is 17.5 Å². The SMILES string of the molecule is Cc1cc(C)c(C)c(N(C)C(=O)C(N)=O)c1C. The van der Waals surface area contributed by atoms with Crippen LogP contribution in [0.15, 0.2) is 6.07 Å². The summed E-state index contributed by atoms with van der Waals surface area (Å²) >= 11 is 0. The van der Waals surface area contributed by atoms with Gasteiger partial charge in [0.25, 0.3) is 0 Å². The van der Waals surface area contributed by atoms with Gasteiger partial charge in [-0.25, -0.2) is 0 Å². The summed E-state index contributed by atoms with van der Waals surface area (Å²) in [5.41, 5.74) is 9.95. The van der Waals surface area contributed by atoms with E-state index in [1.165, 1.54) is 4.90 Å². The number of likely N-dealkylation sites (N-methyl/N-ethyl adjacent to an activating group) is 1. The van der Waals surface area contributed by atoms with Crippen LogP contribution >= 0.6 is 0 Å². The van der Waals surface area contributed by atoms with Crippen LogP contribution in [0, 0.1) is 27.7 Å². The molecule has 0 radical (unpaired) electrons. The summed E-state index contributed by atoms with van der Waals surface area (Å²) < 4.78 is 0. The lowest BCUT2D eigenvalue weighted by molar-refractivity contribution is -0.135. The van der Waals surface area contributed by atoms with Crippen molar-refractivity contribution < 1.29 is 9.59 Å². The zero-order valence-corrected chi connectivity index (χ0v) is 10.9. The van der Waals surface area contributed by atoms with Crippen molar-refractivity contribution in [3.05, 3.63) is 28.3 Å². The summed E-state index contributed by atoms with van der Waals surface area (Å²) in [7, 11) is 1.57. The van der Waals surface area contributed by atoms with Gasteiger partial charge in [0, 0.05) is 7.05 Å². The molecule has 0 atom stereocenters. The van der Waals surface area contributed by atoms with Gasteiger partial charge in [-0.1, -0.05) is 6.07 Å². The Morgan fingerprint density at radius 1 is 1.06 bits per heavy atom. The Hall–Kier alpha value is -1.84. The predicted molar refractivity (Wildman–Crippen MR) is 68.0 cm³/mol. The van der Waals surface area contributed by atoms with E-state index in [0.29, 0.717) is 0 Å². The van der Waals surface area contributed by atoms with E-state index in [0.717, 1.165) is 27.9 Å². The van der Waals surface area contributed by atoms with Crippen LogP contribution in [0.3, 0.4) is 0 Å².